The maximum absolute atomic E-state index is 12.7. The molecule has 0 saturated carbocycles. The fourth-order valence-electron chi connectivity index (χ4n) is 5.61. The van der Waals surface area contributed by atoms with E-state index in [1.54, 1.807) is 0 Å². The van der Waals surface area contributed by atoms with Crippen LogP contribution in [0.1, 0.15) is 0 Å². The van der Waals surface area contributed by atoms with Crippen molar-refractivity contribution < 1.29 is 85.9 Å². The molecule has 1 heterocycles. The first kappa shape index (κ1) is 48.5. The number of hydrogen-bond donors (Lipinski definition) is 8. The lowest BCUT2D eigenvalue weighted by atomic mass is 10.1. The van der Waals surface area contributed by atoms with Gasteiger partial charge >= 0.3 is 10.4 Å². The van der Waals surface area contributed by atoms with Crippen molar-refractivity contribution in [2.45, 2.75) is 24.5 Å². The molecule has 0 radical (unpaired) electrons. The topological polar surface area (TPSA) is 392 Å². The molecule has 64 heavy (non-hydrogen) atoms. The van der Waals surface area contributed by atoms with E-state index in [2.05, 4.69) is 58.7 Å². The molecule has 340 valence electrons. The Morgan fingerprint density at radius 1 is 0.703 bits per heavy atom. The van der Waals surface area contributed by atoms with Crippen LogP contribution >= 0.6 is 35.7 Å². The van der Waals surface area contributed by atoms with Crippen molar-refractivity contribution in [1.29, 1.82) is 0 Å². The minimum Gasteiger partial charge on any atom is -0.505 e. The van der Waals surface area contributed by atoms with Crippen molar-refractivity contribution in [2.75, 3.05) is 23.0 Å². The Labute approximate surface area is 372 Å². The van der Waals surface area contributed by atoms with Crippen molar-refractivity contribution in [3.8, 4) is 5.75 Å². The molecule has 0 aliphatic rings. The van der Waals surface area contributed by atoms with Crippen LogP contribution < -0.4 is 10.6 Å². The average Bonchev–Trinajstić information content (AvgIpc) is 3.20. The summed E-state index contributed by atoms with van der Waals surface area (Å²) in [4.78, 5) is 10.3. The van der Waals surface area contributed by atoms with E-state index in [-0.39, 0.29) is 65.6 Å². The number of azo groups is 1. The maximum atomic E-state index is 12.7. The number of aromatic nitrogens is 3. The average molecular weight is 1030 g/mol. The van der Waals surface area contributed by atoms with Crippen molar-refractivity contribution in [2.24, 2.45) is 10.2 Å². The van der Waals surface area contributed by atoms with Gasteiger partial charge in [0.2, 0.25) is 17.2 Å². The largest absolute Gasteiger partial charge is 0.505 e. The van der Waals surface area contributed by atoms with E-state index in [4.69, 9.17) is 26.7 Å². The van der Waals surface area contributed by atoms with Gasteiger partial charge in [-0.1, -0.05) is 28.3 Å². The number of benzene rings is 5. The fourth-order valence-corrected chi connectivity index (χ4v) is 9.63. The molecule has 0 fully saturated rings. The van der Waals surface area contributed by atoms with Gasteiger partial charge in [-0.3, -0.25) is 13.7 Å². The highest BCUT2D eigenvalue weighted by molar-refractivity contribution is 7.95. The van der Waals surface area contributed by atoms with Crippen LogP contribution in [-0.4, -0.2) is 90.3 Å². The molecule has 26 nitrogen and oxygen atoms in total. The third-order valence-corrected chi connectivity index (χ3v) is 13.5. The van der Waals surface area contributed by atoms with Crippen molar-refractivity contribution in [1.82, 2.24) is 15.0 Å². The zero-order valence-corrected chi connectivity index (χ0v) is 36.6. The molecular formula is C31H24ClN7O19S6. The Morgan fingerprint density at radius 3 is 1.98 bits per heavy atom. The second-order valence-electron chi connectivity index (χ2n) is 12.1. The number of fused-ring (bicyclic) bond motifs is 2. The highest BCUT2D eigenvalue weighted by atomic mass is 35.5. The van der Waals surface area contributed by atoms with Crippen molar-refractivity contribution >= 4 is 132 Å². The van der Waals surface area contributed by atoms with Gasteiger partial charge in [0.25, 0.3) is 20.2 Å². The van der Waals surface area contributed by atoms with E-state index >= 15 is 0 Å². The lowest BCUT2D eigenvalue weighted by molar-refractivity contribution is -0.432. The molecule has 0 bridgehead atoms. The first-order valence-electron chi connectivity index (χ1n) is 16.5. The molecular weight excluding hydrogens is 1000 g/mol. The summed E-state index contributed by atoms with van der Waals surface area (Å²) in [5.74, 6) is -2.33. The van der Waals surface area contributed by atoms with E-state index in [9.17, 15) is 47.9 Å². The molecule has 6 aromatic rings. The monoisotopic (exact) mass is 1020 g/mol. The summed E-state index contributed by atoms with van der Waals surface area (Å²) in [6.07, 6.45) is 0. The normalized spacial score (nSPS) is 12.7. The Bertz CT molecular complexity index is 3260. The fraction of sp³-hybridized carbons (Fsp3) is 0.0645. The zero-order valence-electron chi connectivity index (χ0n) is 30.9. The van der Waals surface area contributed by atoms with Gasteiger partial charge in [-0.25, -0.2) is 23.1 Å². The van der Waals surface area contributed by atoms with E-state index in [0.29, 0.717) is 12.0 Å². The maximum Gasteiger partial charge on any atom is 0.397 e. The molecule has 0 atom stereocenters. The molecule has 5 aromatic carbocycles. The molecule has 0 aliphatic heterocycles. The molecule has 0 spiro atoms. The summed E-state index contributed by atoms with van der Waals surface area (Å²) in [5, 5.41) is 49.1. The zero-order chi connectivity index (χ0) is 46.6. The van der Waals surface area contributed by atoms with Crippen LogP contribution in [-0.2, 0) is 63.4 Å². The second-order valence-corrected chi connectivity index (χ2v) is 19.9. The van der Waals surface area contributed by atoms with E-state index < -0.39 is 91.0 Å². The van der Waals surface area contributed by atoms with Crippen LogP contribution in [0.25, 0.3) is 21.5 Å². The third-order valence-electron chi connectivity index (χ3n) is 8.11. The van der Waals surface area contributed by atoms with Crippen LogP contribution in [0.3, 0.4) is 0 Å². The van der Waals surface area contributed by atoms with Gasteiger partial charge in [-0.15, -0.1) is 18.9 Å². The van der Waals surface area contributed by atoms with Crippen LogP contribution in [0.5, 0.6) is 5.75 Å². The van der Waals surface area contributed by atoms with E-state index in [1.165, 1.54) is 36.4 Å². The minimum atomic E-state index is -5.08. The second kappa shape index (κ2) is 19.6. The molecule has 1 aromatic heterocycles. The first-order chi connectivity index (χ1) is 30.1. The number of hydrogen-bond acceptors (Lipinski definition) is 25. The molecule has 0 amide bonds. The van der Waals surface area contributed by atoms with Crippen molar-refractivity contribution in [3.05, 3.63) is 78.1 Å². The smallest absolute Gasteiger partial charge is 0.397 e. The summed E-state index contributed by atoms with van der Waals surface area (Å²) in [7, 11) is -19.0. The first-order valence-corrected chi connectivity index (χ1v) is 24.3. The molecule has 8 N–H and O–H groups in total. The van der Waals surface area contributed by atoms with Gasteiger partial charge < -0.3 is 15.7 Å². The van der Waals surface area contributed by atoms with Gasteiger partial charge in [0.1, 0.15) is 16.3 Å². The highest BCUT2D eigenvalue weighted by Gasteiger charge is 2.25. The van der Waals surface area contributed by atoms with Crippen LogP contribution in [0.2, 0.25) is 5.28 Å². The Morgan fingerprint density at radius 2 is 1.36 bits per heavy atom. The number of nitrogens with zero attached hydrogens (tertiary/aromatic N) is 5. The third kappa shape index (κ3) is 11.8. The number of halogens is 1. The summed E-state index contributed by atoms with van der Waals surface area (Å²) in [5.41, 5.74) is -1.18. The predicted octanol–water partition coefficient (Wildman–Crippen LogP) is 6.38. The Hall–Kier alpha value is -4.98. The van der Waals surface area contributed by atoms with Crippen LogP contribution in [0.4, 0.5) is 34.6 Å². The van der Waals surface area contributed by atoms with Gasteiger partial charge in [0, 0.05) is 21.4 Å². The lowest BCUT2D eigenvalue weighted by Gasteiger charge is -2.15. The lowest BCUT2D eigenvalue weighted by Crippen LogP contribution is -2.15. The Kier molecular flexibility index (Phi) is 14.9. The molecule has 33 heteroatoms. The number of sulfone groups is 1. The van der Waals surface area contributed by atoms with E-state index in [1.807, 2.05) is 0 Å². The quantitative estimate of drug-likeness (QED) is 0.0143. The van der Waals surface area contributed by atoms with Crippen LogP contribution in [0.15, 0.2) is 108 Å². The van der Waals surface area contributed by atoms with Crippen molar-refractivity contribution in [3.63, 3.8) is 0 Å². The van der Waals surface area contributed by atoms with Gasteiger partial charge in [-0.2, -0.15) is 40.2 Å². The van der Waals surface area contributed by atoms with Gasteiger partial charge in [-0.05, 0) is 77.0 Å². The van der Waals surface area contributed by atoms with Gasteiger partial charge in [0.15, 0.2) is 15.6 Å². The Balaban J connectivity index is 1.41. The molecule has 0 aliphatic carbocycles. The molecule has 0 unspecified atom stereocenters. The standard InChI is InChI=1S/C31H24ClN7O19S6/c32-29-35-30(33-16-4-6-17(7-5-16)61(43,44)11-10-54-64(51,52)53)37-31(36-29)34-22-14-18(62(45,46)47)12-15-13-24(60-58-56-42)26(27(40)25(15)22)39-38-21-9-8-19-20(28(21)63(48,49)50)2-1-3-23(19)59-57-55-41/h1-9,12-14,40-42H,10-11H2,(H,45,46,47)(H,48,49,50)(H,51,52,53)(H2,33,34,35,36,37)/b39-38+. The van der Waals surface area contributed by atoms with Crippen LogP contribution in [0, 0.1) is 0 Å². The predicted molar refractivity (Wildman–Crippen MR) is 222 cm³/mol. The molecule has 0 saturated heterocycles. The summed E-state index contributed by atoms with van der Waals surface area (Å²) < 4.78 is 139. The summed E-state index contributed by atoms with van der Waals surface area (Å²) in [6, 6.07) is 14.4. The number of rotatable bonds is 19. The SMILES string of the molecule is O=S(=O)(O)OCCS(=O)(=O)c1ccc(Nc2nc(Cl)nc(Nc3cc(S(=O)(=O)O)cc4cc(SOOO)c(/N=N/c5ccc6c(SOOO)cccc6c5S(=O)(=O)O)c(O)c34)n2)cc1. The minimum absolute atomic E-state index is 0.0964. The summed E-state index contributed by atoms with van der Waals surface area (Å²) >= 11 is 6.87. The number of nitrogens with one attached hydrogen (secondary N) is 2. The number of phenols is 1. The highest BCUT2D eigenvalue weighted by Crippen LogP contribution is 2.48. The molecule has 6 rings (SSSR count). The number of phenolic OH excluding ortho intramolecular Hbond substituents is 1. The van der Waals surface area contributed by atoms with Gasteiger partial charge in [0.05, 0.1) is 56.8 Å². The summed E-state index contributed by atoms with van der Waals surface area (Å²) in [6.45, 7) is -0.857. The number of anilines is 4. The number of aromatic hydroxyl groups is 1. The van der Waals surface area contributed by atoms with E-state index in [0.717, 1.165) is 36.4 Å².